The second-order valence-electron chi connectivity index (χ2n) is 9.68. The number of rotatable bonds is 9. The van der Waals surface area contributed by atoms with Gasteiger partial charge >= 0.3 is 0 Å². The lowest BCUT2D eigenvalue weighted by Gasteiger charge is -2.28. The van der Waals surface area contributed by atoms with Crippen molar-refractivity contribution in [2.45, 2.75) is 46.8 Å². The minimum Gasteiger partial charge on any atom is -0.492 e. The topological polar surface area (TPSA) is 97.2 Å². The van der Waals surface area contributed by atoms with Crippen LogP contribution in [0.2, 0.25) is 0 Å². The van der Waals surface area contributed by atoms with Gasteiger partial charge in [-0.1, -0.05) is 20.8 Å². The van der Waals surface area contributed by atoms with Crippen molar-refractivity contribution < 1.29 is 14.2 Å². The molecule has 0 aliphatic carbocycles. The first-order valence-corrected chi connectivity index (χ1v) is 11.7. The maximum atomic E-state index is 14.2. The number of hydrogen-bond donors (Lipinski definition) is 3. The van der Waals surface area contributed by atoms with Gasteiger partial charge in [0.2, 0.25) is 0 Å². The fraction of sp³-hybridized carbons (Fsp3) is 0.407. The number of nitrogens with one attached hydrogen (secondary N) is 1. The van der Waals surface area contributed by atoms with Crippen LogP contribution in [0.5, 0.6) is 5.75 Å². The van der Waals surface area contributed by atoms with Crippen LogP contribution >= 0.6 is 0 Å². The molecule has 8 heteroatoms. The largest absolute Gasteiger partial charge is 0.492 e. The molecule has 188 valence electrons. The Morgan fingerprint density at radius 1 is 1.29 bits per heavy atom. The summed E-state index contributed by atoms with van der Waals surface area (Å²) in [6, 6.07) is 8.40. The summed E-state index contributed by atoms with van der Waals surface area (Å²) in [4.78, 5) is 8.70. The van der Waals surface area contributed by atoms with E-state index in [9.17, 15) is 9.50 Å². The zero-order chi connectivity index (χ0) is 25.8. The molecule has 2 heterocycles. The summed E-state index contributed by atoms with van der Waals surface area (Å²) in [6.07, 6.45) is 3.41. The zero-order valence-corrected chi connectivity index (χ0v) is 21.4. The molecule has 0 saturated heterocycles. The van der Waals surface area contributed by atoms with Gasteiger partial charge in [-0.3, -0.25) is 4.99 Å². The first-order valence-electron chi connectivity index (χ1n) is 11.7. The molecule has 1 unspecified atom stereocenters. The third-order valence-electron chi connectivity index (χ3n) is 6.04. The number of aliphatic hydroxyl groups is 1. The molecule has 0 aliphatic heterocycles. The average Bonchev–Trinajstić information content (AvgIpc) is 3.22. The Morgan fingerprint density at radius 2 is 2.03 bits per heavy atom. The van der Waals surface area contributed by atoms with Crippen LogP contribution in [0.1, 0.15) is 39.8 Å². The van der Waals surface area contributed by atoms with Crippen molar-refractivity contribution in [2.24, 2.45) is 16.1 Å². The number of aliphatic hydroxyl groups excluding tert-OH is 1. The van der Waals surface area contributed by atoms with E-state index in [1.165, 1.54) is 12.1 Å². The first kappa shape index (κ1) is 26.4. The van der Waals surface area contributed by atoms with E-state index in [4.69, 9.17) is 10.5 Å². The summed E-state index contributed by atoms with van der Waals surface area (Å²) in [7, 11) is 3.57. The number of benzene rings is 1. The highest BCUT2D eigenvalue weighted by atomic mass is 19.1. The number of aliphatic imine (C=N–C) groups is 1. The molecule has 3 rings (SSSR count). The van der Waals surface area contributed by atoms with Gasteiger partial charge in [-0.2, -0.15) is 0 Å². The van der Waals surface area contributed by atoms with Crippen molar-refractivity contribution in [2.75, 3.05) is 20.7 Å². The van der Waals surface area contributed by atoms with Crippen LogP contribution in [-0.4, -0.2) is 47.0 Å². The Bertz CT molecular complexity index is 1240. The zero-order valence-electron chi connectivity index (χ0n) is 21.4. The number of fused-ring (bicyclic) bond motifs is 1. The molecule has 35 heavy (non-hydrogen) atoms. The lowest BCUT2D eigenvalue weighted by molar-refractivity contribution is 0.0926. The van der Waals surface area contributed by atoms with Gasteiger partial charge in [-0.05, 0) is 49.2 Å². The van der Waals surface area contributed by atoms with Crippen LogP contribution in [0.15, 0.2) is 59.0 Å². The number of imidazole rings is 1. The molecule has 0 aliphatic rings. The third kappa shape index (κ3) is 6.07. The Labute approximate surface area is 206 Å². The lowest BCUT2D eigenvalue weighted by atomic mass is 9.85. The third-order valence-corrected chi connectivity index (χ3v) is 6.04. The summed E-state index contributed by atoms with van der Waals surface area (Å²) < 4.78 is 22.3. The van der Waals surface area contributed by atoms with Gasteiger partial charge in [-0.25, -0.2) is 9.37 Å². The van der Waals surface area contributed by atoms with Crippen LogP contribution in [0, 0.1) is 11.2 Å². The van der Waals surface area contributed by atoms with Gasteiger partial charge in [0.05, 0.1) is 24.6 Å². The smallest absolute Gasteiger partial charge is 0.136 e. The van der Waals surface area contributed by atoms with E-state index in [2.05, 4.69) is 15.3 Å². The number of aromatic nitrogens is 2. The molecule has 1 aromatic carbocycles. The highest BCUT2D eigenvalue weighted by molar-refractivity contribution is 5.98. The van der Waals surface area contributed by atoms with Crippen LogP contribution < -0.4 is 15.8 Å². The normalized spacial score (nSPS) is 14.2. The fourth-order valence-electron chi connectivity index (χ4n) is 3.92. The van der Waals surface area contributed by atoms with E-state index < -0.39 is 11.5 Å². The molecular weight excluding hydrogens is 445 g/mol. The van der Waals surface area contributed by atoms with E-state index >= 15 is 0 Å². The molecule has 4 N–H and O–H groups in total. The summed E-state index contributed by atoms with van der Waals surface area (Å²) >= 11 is 0. The number of nitrogens with zero attached hydrogens (tertiary/aromatic N) is 3. The molecular formula is C27H36FN5O2. The molecule has 0 spiro atoms. The molecule has 0 amide bonds. The summed E-state index contributed by atoms with van der Waals surface area (Å²) in [6.45, 7) is 8.55. The van der Waals surface area contributed by atoms with E-state index in [-0.39, 0.29) is 12.4 Å². The molecule has 0 radical (unpaired) electrons. The fourth-order valence-corrected chi connectivity index (χ4v) is 3.92. The van der Waals surface area contributed by atoms with E-state index in [1.807, 2.05) is 63.7 Å². The molecule has 3 aromatic rings. The van der Waals surface area contributed by atoms with Gasteiger partial charge in [0.1, 0.15) is 17.2 Å². The van der Waals surface area contributed by atoms with Crippen molar-refractivity contribution in [1.82, 2.24) is 14.7 Å². The molecule has 0 bridgehead atoms. The van der Waals surface area contributed by atoms with Gasteiger partial charge in [0.15, 0.2) is 0 Å². The van der Waals surface area contributed by atoms with Crippen molar-refractivity contribution in [3.05, 3.63) is 65.5 Å². The highest BCUT2D eigenvalue weighted by Gasteiger charge is 2.27. The van der Waals surface area contributed by atoms with Crippen molar-refractivity contribution in [1.29, 1.82) is 0 Å². The predicted molar refractivity (Wildman–Crippen MR) is 139 cm³/mol. The summed E-state index contributed by atoms with van der Waals surface area (Å²) in [5, 5.41) is 13.8. The van der Waals surface area contributed by atoms with E-state index in [0.717, 1.165) is 33.8 Å². The quantitative estimate of drug-likeness (QED) is 0.395. The maximum Gasteiger partial charge on any atom is 0.136 e. The number of halogens is 1. The second kappa shape index (κ2) is 11.0. The summed E-state index contributed by atoms with van der Waals surface area (Å²) in [5.74, 6) is 0.0491. The Morgan fingerprint density at radius 3 is 2.69 bits per heavy atom. The number of hydrogen-bond acceptors (Lipinski definition) is 6. The Hall–Kier alpha value is -3.23. The van der Waals surface area contributed by atoms with Crippen LogP contribution in [0.25, 0.3) is 16.8 Å². The van der Waals surface area contributed by atoms with Crippen LogP contribution in [0.3, 0.4) is 0 Å². The Balaban J connectivity index is 1.90. The van der Waals surface area contributed by atoms with E-state index in [1.54, 1.807) is 13.1 Å². The molecule has 0 saturated carbocycles. The minimum atomic E-state index is -0.826. The molecule has 1 atom stereocenters. The summed E-state index contributed by atoms with van der Waals surface area (Å²) in [5.41, 5.74) is 11.3. The molecule has 2 aromatic heterocycles. The SMILES string of the molecule is CN=C(C)C(CCOc1cc(F)ccc1-c1ccc2ncc(CNC)n2c1)=C(N)C(O)C(C)(C)C. The second-order valence-corrected chi connectivity index (χ2v) is 9.68. The predicted octanol–water partition coefficient (Wildman–Crippen LogP) is 4.34. The van der Waals surface area contributed by atoms with Crippen molar-refractivity contribution >= 4 is 11.4 Å². The Kier molecular flexibility index (Phi) is 8.30. The average molecular weight is 482 g/mol. The first-order chi connectivity index (χ1) is 16.6. The van der Waals surface area contributed by atoms with Gasteiger partial charge in [0.25, 0.3) is 0 Å². The standard InChI is InChI=1S/C27H36FN5O2/c1-17(31-6)21(25(29)26(34)27(2,3)4)11-12-35-23-13-19(28)8-9-22(23)18-7-10-24-32-15-20(14-30-5)33(24)16-18/h7-10,13,15-16,26,30,34H,11-12,14,29H2,1-6H3. The van der Waals surface area contributed by atoms with Crippen molar-refractivity contribution in [3.63, 3.8) is 0 Å². The number of nitrogens with two attached hydrogens (primary N) is 1. The van der Waals surface area contributed by atoms with Crippen molar-refractivity contribution in [3.8, 4) is 16.9 Å². The maximum absolute atomic E-state index is 14.2. The minimum absolute atomic E-state index is 0.245. The number of pyridine rings is 1. The lowest BCUT2D eigenvalue weighted by Crippen LogP contribution is -2.33. The van der Waals surface area contributed by atoms with Gasteiger partial charge in [-0.15, -0.1) is 0 Å². The molecule has 7 nitrogen and oxygen atoms in total. The number of ether oxygens (including phenoxy) is 1. The molecule has 0 fully saturated rings. The van der Waals surface area contributed by atoms with E-state index in [0.29, 0.717) is 24.4 Å². The van der Waals surface area contributed by atoms with Gasteiger partial charge in [0, 0.05) is 54.8 Å². The van der Waals surface area contributed by atoms with Crippen LogP contribution in [-0.2, 0) is 6.54 Å². The highest BCUT2D eigenvalue weighted by Crippen LogP contribution is 2.32. The van der Waals surface area contributed by atoms with Gasteiger partial charge < -0.3 is 25.3 Å². The van der Waals surface area contributed by atoms with Crippen LogP contribution in [0.4, 0.5) is 4.39 Å². The monoisotopic (exact) mass is 481 g/mol.